The van der Waals surface area contributed by atoms with E-state index in [0.29, 0.717) is 0 Å². The van der Waals surface area contributed by atoms with Gasteiger partial charge in [-0.2, -0.15) is 0 Å². The maximum absolute atomic E-state index is 12.3. The van der Waals surface area contributed by atoms with E-state index in [1.165, 1.54) is 11.1 Å². The van der Waals surface area contributed by atoms with Gasteiger partial charge in [0, 0.05) is 17.1 Å². The summed E-state index contributed by atoms with van der Waals surface area (Å²) < 4.78 is 0. The van der Waals surface area contributed by atoms with Crippen molar-refractivity contribution < 1.29 is 4.79 Å². The largest absolute Gasteiger partial charge is 0.294 e. The minimum atomic E-state index is 0.0901. The number of hydrogen-bond donors (Lipinski definition) is 0. The molecule has 0 aliphatic carbocycles. The van der Waals surface area contributed by atoms with Crippen LogP contribution >= 0.6 is 0 Å². The van der Waals surface area contributed by atoms with E-state index in [0.717, 1.165) is 43.9 Å². The molecule has 5 aromatic rings. The highest BCUT2D eigenvalue weighted by Crippen LogP contribution is 2.35. The van der Waals surface area contributed by atoms with Gasteiger partial charge in [0.2, 0.25) is 0 Å². The molecule has 5 rings (SSSR count). The number of nitrogens with zero attached hydrogens (tertiary/aromatic N) is 1. The van der Waals surface area contributed by atoms with E-state index in [9.17, 15) is 4.79 Å². The Bertz CT molecular complexity index is 1410. The molecule has 0 amide bonds. The maximum atomic E-state index is 12.3. The Balaban J connectivity index is 1.65. The fourth-order valence-corrected chi connectivity index (χ4v) is 4.30. The van der Waals surface area contributed by atoms with E-state index in [1.807, 2.05) is 48.7 Å². The van der Waals surface area contributed by atoms with Crippen LogP contribution in [0.25, 0.3) is 43.9 Å². The lowest BCUT2D eigenvalue weighted by molar-refractivity contribution is 0.101. The highest BCUT2D eigenvalue weighted by molar-refractivity contribution is 6.10. The number of ketones is 1. The van der Waals surface area contributed by atoms with Gasteiger partial charge in [-0.25, -0.2) is 0 Å². The lowest BCUT2D eigenvalue weighted by Crippen LogP contribution is -1.97. The van der Waals surface area contributed by atoms with Gasteiger partial charge in [-0.1, -0.05) is 66.7 Å². The van der Waals surface area contributed by atoms with Gasteiger partial charge in [0.05, 0.1) is 5.52 Å². The molecular weight excluding hydrogens is 366 g/mol. The summed E-state index contributed by atoms with van der Waals surface area (Å²) in [4.78, 5) is 16.8. The summed E-state index contributed by atoms with van der Waals surface area (Å²) >= 11 is 0. The second kappa shape index (κ2) is 7.23. The van der Waals surface area contributed by atoms with Gasteiger partial charge in [-0.3, -0.25) is 9.78 Å². The number of Topliss-reactive ketones (excluding diaryl/α,β-unsaturated/α-hetero) is 1. The van der Waals surface area contributed by atoms with Crippen LogP contribution in [0.5, 0.6) is 0 Å². The van der Waals surface area contributed by atoms with Crippen LogP contribution in [0.3, 0.4) is 0 Å². The summed E-state index contributed by atoms with van der Waals surface area (Å²) in [7, 11) is 0. The fourth-order valence-electron chi connectivity index (χ4n) is 4.30. The molecule has 0 N–H and O–H groups in total. The number of carbonyl (C=O) groups is 1. The topological polar surface area (TPSA) is 30.0 Å². The highest BCUT2D eigenvalue weighted by atomic mass is 16.1. The molecule has 1 heterocycles. The molecule has 2 heteroatoms. The number of hydrogen-bond acceptors (Lipinski definition) is 2. The number of rotatable bonds is 3. The zero-order chi connectivity index (χ0) is 20.7. The van der Waals surface area contributed by atoms with E-state index in [-0.39, 0.29) is 5.78 Å². The predicted molar refractivity (Wildman–Crippen MR) is 125 cm³/mol. The number of benzene rings is 4. The number of pyridine rings is 1. The lowest BCUT2D eigenvalue weighted by atomic mass is 9.89. The van der Waals surface area contributed by atoms with E-state index in [1.54, 1.807) is 6.92 Å². The first-order valence-corrected chi connectivity index (χ1v) is 10.1. The van der Waals surface area contributed by atoms with Crippen LogP contribution in [0.2, 0.25) is 0 Å². The van der Waals surface area contributed by atoms with Gasteiger partial charge in [0.15, 0.2) is 5.78 Å². The zero-order valence-electron chi connectivity index (χ0n) is 17.0. The third kappa shape index (κ3) is 2.98. The second-order valence-electron chi connectivity index (χ2n) is 7.65. The number of aromatic nitrogens is 1. The number of carbonyl (C=O) groups excluding carboxylic acids is 1. The van der Waals surface area contributed by atoms with E-state index < -0.39 is 0 Å². The third-order valence-electron chi connectivity index (χ3n) is 5.85. The van der Waals surface area contributed by atoms with Crippen molar-refractivity contribution >= 4 is 27.5 Å². The first-order valence-electron chi connectivity index (χ1n) is 10.1. The molecule has 4 aromatic carbocycles. The Hall–Kier alpha value is -3.78. The van der Waals surface area contributed by atoms with Crippen LogP contribution in [-0.4, -0.2) is 10.8 Å². The van der Waals surface area contributed by atoms with Gasteiger partial charge in [-0.15, -0.1) is 0 Å². The van der Waals surface area contributed by atoms with E-state index in [4.69, 9.17) is 0 Å². The van der Waals surface area contributed by atoms with Crippen molar-refractivity contribution in [3.05, 3.63) is 102 Å². The summed E-state index contributed by atoms with van der Waals surface area (Å²) in [6, 6.07) is 29.1. The van der Waals surface area contributed by atoms with Gasteiger partial charge in [-0.05, 0) is 70.6 Å². The number of fused-ring (bicyclic) bond motifs is 2. The first kappa shape index (κ1) is 18.3. The molecule has 0 unspecified atom stereocenters. The summed E-state index contributed by atoms with van der Waals surface area (Å²) in [5.74, 6) is 0.0901. The Kier molecular flexibility index (Phi) is 4.40. The summed E-state index contributed by atoms with van der Waals surface area (Å²) in [6.07, 6.45) is 1.82. The first-order chi connectivity index (χ1) is 14.6. The molecule has 30 heavy (non-hydrogen) atoms. The Labute approximate surface area is 175 Å². The van der Waals surface area contributed by atoms with Crippen molar-refractivity contribution in [3.63, 3.8) is 0 Å². The summed E-state index contributed by atoms with van der Waals surface area (Å²) in [5, 5.41) is 3.30. The second-order valence-corrected chi connectivity index (χ2v) is 7.65. The Morgan fingerprint density at radius 2 is 1.37 bits per heavy atom. The van der Waals surface area contributed by atoms with Gasteiger partial charge >= 0.3 is 0 Å². The van der Waals surface area contributed by atoms with Crippen molar-refractivity contribution in [2.24, 2.45) is 0 Å². The van der Waals surface area contributed by atoms with Crippen molar-refractivity contribution in [1.82, 2.24) is 4.98 Å². The predicted octanol–water partition coefficient (Wildman–Crippen LogP) is 7.23. The third-order valence-corrected chi connectivity index (χ3v) is 5.85. The monoisotopic (exact) mass is 387 g/mol. The normalized spacial score (nSPS) is 11.1. The van der Waals surface area contributed by atoms with E-state index >= 15 is 0 Å². The molecule has 0 fully saturated rings. The lowest BCUT2D eigenvalue weighted by Gasteiger charge is -2.14. The molecule has 0 aliphatic rings. The zero-order valence-corrected chi connectivity index (χ0v) is 17.0. The average Bonchev–Trinajstić information content (AvgIpc) is 2.79. The molecule has 0 atom stereocenters. The minimum Gasteiger partial charge on any atom is -0.294 e. The Morgan fingerprint density at radius 3 is 2.10 bits per heavy atom. The SMILES string of the molecule is CC(=O)c1cc(-c2ccc(-c3cccc4ncccc34)cc2)c(C)c2ccccc12. The van der Waals surface area contributed by atoms with Crippen molar-refractivity contribution in [2.75, 3.05) is 0 Å². The van der Waals surface area contributed by atoms with Crippen LogP contribution in [0.15, 0.2) is 91.1 Å². The molecule has 0 bridgehead atoms. The van der Waals surface area contributed by atoms with Gasteiger partial charge in [0.1, 0.15) is 0 Å². The molecule has 0 aliphatic heterocycles. The van der Waals surface area contributed by atoms with Gasteiger partial charge < -0.3 is 0 Å². The van der Waals surface area contributed by atoms with Crippen LogP contribution in [0.4, 0.5) is 0 Å². The summed E-state index contributed by atoms with van der Waals surface area (Å²) in [6.45, 7) is 3.77. The smallest absolute Gasteiger partial charge is 0.160 e. The van der Waals surface area contributed by atoms with Crippen molar-refractivity contribution in [3.8, 4) is 22.3 Å². The molecule has 1 aromatic heterocycles. The minimum absolute atomic E-state index is 0.0901. The average molecular weight is 387 g/mol. The van der Waals surface area contributed by atoms with Crippen molar-refractivity contribution in [2.45, 2.75) is 13.8 Å². The molecule has 0 radical (unpaired) electrons. The molecule has 2 nitrogen and oxygen atoms in total. The van der Waals surface area contributed by atoms with Crippen LogP contribution in [0, 0.1) is 6.92 Å². The molecular formula is C28H21NO. The fraction of sp³-hybridized carbons (Fsp3) is 0.0714. The van der Waals surface area contributed by atoms with Crippen LogP contribution in [0.1, 0.15) is 22.8 Å². The highest BCUT2D eigenvalue weighted by Gasteiger charge is 2.13. The number of aryl methyl sites for hydroxylation is 1. The molecule has 144 valence electrons. The standard InChI is InChI=1S/C28H21NO/c1-18-22-7-3-4-8-24(22)27(19(2)30)17-26(18)21-14-12-20(13-15-21)23-9-5-11-28-25(23)10-6-16-29-28/h3-17H,1-2H3. The van der Waals surface area contributed by atoms with Crippen molar-refractivity contribution in [1.29, 1.82) is 0 Å². The van der Waals surface area contributed by atoms with Crippen LogP contribution < -0.4 is 0 Å². The van der Waals surface area contributed by atoms with Crippen LogP contribution in [-0.2, 0) is 0 Å². The quantitative estimate of drug-likeness (QED) is 0.306. The van der Waals surface area contributed by atoms with Gasteiger partial charge in [0.25, 0.3) is 0 Å². The summed E-state index contributed by atoms with van der Waals surface area (Å²) in [5.41, 5.74) is 7.51. The van der Waals surface area contributed by atoms with E-state index in [2.05, 4.69) is 54.4 Å². The molecule has 0 saturated carbocycles. The Morgan fingerprint density at radius 1 is 0.700 bits per heavy atom. The maximum Gasteiger partial charge on any atom is 0.160 e. The molecule has 0 saturated heterocycles. The molecule has 0 spiro atoms.